The molecule has 0 saturated carbocycles. The van der Waals surface area contributed by atoms with Crippen LogP contribution in [0.3, 0.4) is 0 Å². The van der Waals surface area contributed by atoms with Gasteiger partial charge in [0.25, 0.3) is 0 Å². The Bertz CT molecular complexity index is 333. The molecule has 5 nitrogen and oxygen atoms in total. The zero-order chi connectivity index (χ0) is 12.2. The van der Waals surface area contributed by atoms with Crippen LogP contribution in [0.4, 0.5) is 0 Å². The molecule has 0 amide bonds. The number of carboxylic acid groups (broad SMARTS) is 1. The van der Waals surface area contributed by atoms with Gasteiger partial charge in [0.15, 0.2) is 9.84 Å². The third kappa shape index (κ3) is 4.09. The number of hydrogen-bond acceptors (Lipinski definition) is 4. The van der Waals surface area contributed by atoms with E-state index in [2.05, 4.69) is 4.90 Å². The van der Waals surface area contributed by atoms with Gasteiger partial charge in [-0.15, -0.1) is 0 Å². The van der Waals surface area contributed by atoms with Gasteiger partial charge in [0.2, 0.25) is 0 Å². The van der Waals surface area contributed by atoms with Crippen molar-refractivity contribution in [3.8, 4) is 0 Å². The zero-order valence-corrected chi connectivity index (χ0v) is 10.4. The molecule has 6 heteroatoms. The first-order valence-corrected chi connectivity index (χ1v) is 7.29. The van der Waals surface area contributed by atoms with E-state index in [0.717, 1.165) is 25.9 Å². The minimum atomic E-state index is -3.27. The van der Waals surface area contributed by atoms with Gasteiger partial charge in [0, 0.05) is 6.54 Å². The second-order valence-electron chi connectivity index (χ2n) is 4.32. The molecule has 0 aromatic carbocycles. The zero-order valence-electron chi connectivity index (χ0n) is 9.55. The van der Waals surface area contributed by atoms with E-state index in [0.29, 0.717) is 6.54 Å². The van der Waals surface area contributed by atoms with E-state index in [1.165, 1.54) is 6.92 Å². The molecule has 1 aliphatic rings. The van der Waals surface area contributed by atoms with Gasteiger partial charge in [-0.25, -0.2) is 8.42 Å². The Hall–Kier alpha value is -0.620. The first-order valence-electron chi connectivity index (χ1n) is 5.57. The standard InChI is InChI=1S/C10H19NO4S/c1-9(8-10(12)13)16(14,15)7-6-11-4-2-3-5-11/h9H,2-8H2,1H3,(H,12,13). The number of carbonyl (C=O) groups is 1. The summed E-state index contributed by atoms with van der Waals surface area (Å²) in [5, 5.41) is 7.77. The number of likely N-dealkylation sites (tertiary alicyclic amines) is 1. The highest BCUT2D eigenvalue weighted by Crippen LogP contribution is 2.10. The van der Waals surface area contributed by atoms with E-state index in [-0.39, 0.29) is 12.2 Å². The smallest absolute Gasteiger partial charge is 0.304 e. The summed E-state index contributed by atoms with van der Waals surface area (Å²) < 4.78 is 23.5. The highest BCUT2D eigenvalue weighted by molar-refractivity contribution is 7.92. The van der Waals surface area contributed by atoms with Gasteiger partial charge < -0.3 is 10.0 Å². The third-order valence-electron chi connectivity index (χ3n) is 2.97. The van der Waals surface area contributed by atoms with Crippen molar-refractivity contribution in [3.63, 3.8) is 0 Å². The maximum absolute atomic E-state index is 11.7. The average Bonchev–Trinajstić information content (AvgIpc) is 2.66. The van der Waals surface area contributed by atoms with Gasteiger partial charge in [0.05, 0.1) is 17.4 Å². The van der Waals surface area contributed by atoms with Gasteiger partial charge in [0.1, 0.15) is 0 Å². The van der Waals surface area contributed by atoms with Crippen LogP contribution in [-0.4, -0.2) is 55.0 Å². The fraction of sp³-hybridized carbons (Fsp3) is 0.900. The summed E-state index contributed by atoms with van der Waals surface area (Å²) in [6, 6.07) is 0. The fourth-order valence-corrected chi connectivity index (χ4v) is 3.15. The van der Waals surface area contributed by atoms with Crippen molar-refractivity contribution in [2.45, 2.75) is 31.4 Å². The molecule has 0 radical (unpaired) electrons. The van der Waals surface area contributed by atoms with Crippen LogP contribution in [0.5, 0.6) is 0 Å². The van der Waals surface area contributed by atoms with E-state index >= 15 is 0 Å². The minimum absolute atomic E-state index is 0.0709. The average molecular weight is 249 g/mol. The minimum Gasteiger partial charge on any atom is -0.481 e. The van der Waals surface area contributed by atoms with Gasteiger partial charge in [-0.1, -0.05) is 0 Å². The second kappa shape index (κ2) is 5.63. The molecule has 1 rings (SSSR count). The van der Waals surface area contributed by atoms with E-state index in [9.17, 15) is 13.2 Å². The highest BCUT2D eigenvalue weighted by atomic mass is 32.2. The largest absolute Gasteiger partial charge is 0.481 e. The van der Waals surface area contributed by atoms with Crippen molar-refractivity contribution in [2.24, 2.45) is 0 Å². The summed E-state index contributed by atoms with van der Waals surface area (Å²) in [6.07, 6.45) is 1.96. The Morgan fingerprint density at radius 2 is 1.94 bits per heavy atom. The number of nitrogens with zero attached hydrogens (tertiary/aromatic N) is 1. The van der Waals surface area contributed by atoms with Crippen molar-refractivity contribution in [1.82, 2.24) is 4.90 Å². The molecular weight excluding hydrogens is 230 g/mol. The first kappa shape index (κ1) is 13.4. The number of carboxylic acids is 1. The molecule has 0 aromatic heterocycles. The van der Waals surface area contributed by atoms with Crippen LogP contribution in [0.1, 0.15) is 26.2 Å². The molecule has 16 heavy (non-hydrogen) atoms. The summed E-state index contributed by atoms with van der Waals surface area (Å²) in [7, 11) is -3.27. The molecule has 1 fully saturated rings. The van der Waals surface area contributed by atoms with Gasteiger partial charge in [-0.2, -0.15) is 0 Å². The van der Waals surface area contributed by atoms with Crippen molar-refractivity contribution in [3.05, 3.63) is 0 Å². The number of rotatable bonds is 6. The second-order valence-corrected chi connectivity index (χ2v) is 6.86. The monoisotopic (exact) mass is 249 g/mol. The lowest BCUT2D eigenvalue weighted by atomic mass is 10.3. The number of sulfone groups is 1. The van der Waals surface area contributed by atoms with Gasteiger partial charge in [-0.05, 0) is 32.9 Å². The lowest BCUT2D eigenvalue weighted by Crippen LogP contribution is -2.31. The number of aliphatic carboxylic acids is 1. The van der Waals surface area contributed by atoms with E-state index in [1.807, 2.05) is 0 Å². The Labute approximate surface area is 96.4 Å². The Morgan fingerprint density at radius 1 is 1.38 bits per heavy atom. The molecule has 0 aromatic rings. The van der Waals surface area contributed by atoms with E-state index in [1.54, 1.807) is 0 Å². The predicted molar refractivity (Wildman–Crippen MR) is 61.2 cm³/mol. The van der Waals surface area contributed by atoms with Crippen molar-refractivity contribution < 1.29 is 18.3 Å². The van der Waals surface area contributed by atoms with Gasteiger partial charge >= 0.3 is 5.97 Å². The first-order chi connectivity index (χ1) is 7.42. The maximum atomic E-state index is 11.7. The van der Waals surface area contributed by atoms with Crippen LogP contribution >= 0.6 is 0 Å². The van der Waals surface area contributed by atoms with Crippen LogP contribution in [0, 0.1) is 0 Å². The molecule has 1 aliphatic heterocycles. The summed E-state index contributed by atoms with van der Waals surface area (Å²) in [5.74, 6) is -0.987. The molecule has 1 N–H and O–H groups in total. The summed E-state index contributed by atoms with van der Waals surface area (Å²) in [6.45, 7) is 3.92. The third-order valence-corrected chi connectivity index (χ3v) is 5.11. The molecule has 0 spiro atoms. The van der Waals surface area contributed by atoms with Gasteiger partial charge in [-0.3, -0.25) is 4.79 Å². The molecule has 94 valence electrons. The maximum Gasteiger partial charge on any atom is 0.304 e. The highest BCUT2D eigenvalue weighted by Gasteiger charge is 2.24. The molecular formula is C10H19NO4S. The Kier molecular flexibility index (Phi) is 4.73. The van der Waals surface area contributed by atoms with Crippen molar-refractivity contribution in [2.75, 3.05) is 25.4 Å². The van der Waals surface area contributed by atoms with Crippen molar-refractivity contribution in [1.29, 1.82) is 0 Å². The van der Waals surface area contributed by atoms with E-state index in [4.69, 9.17) is 5.11 Å². The SMILES string of the molecule is CC(CC(=O)O)S(=O)(=O)CCN1CCCC1. The molecule has 1 heterocycles. The van der Waals surface area contributed by atoms with Crippen molar-refractivity contribution >= 4 is 15.8 Å². The summed E-state index contributed by atoms with van der Waals surface area (Å²) in [5.41, 5.74) is 0. The van der Waals surface area contributed by atoms with Crippen LogP contribution < -0.4 is 0 Å². The Morgan fingerprint density at radius 3 is 2.44 bits per heavy atom. The van der Waals surface area contributed by atoms with Crippen LogP contribution in [0.15, 0.2) is 0 Å². The summed E-state index contributed by atoms with van der Waals surface area (Å²) >= 11 is 0. The Balaban J connectivity index is 2.40. The molecule has 1 saturated heterocycles. The summed E-state index contributed by atoms with van der Waals surface area (Å²) in [4.78, 5) is 12.6. The molecule has 1 atom stereocenters. The van der Waals surface area contributed by atoms with Crippen LogP contribution in [-0.2, 0) is 14.6 Å². The molecule has 0 aliphatic carbocycles. The van der Waals surface area contributed by atoms with E-state index < -0.39 is 21.1 Å². The predicted octanol–water partition coefficient (Wildman–Crippen LogP) is 0.360. The normalized spacial score (nSPS) is 19.8. The molecule has 0 bridgehead atoms. The quantitative estimate of drug-likeness (QED) is 0.735. The fourth-order valence-electron chi connectivity index (χ4n) is 1.84. The van der Waals surface area contributed by atoms with Crippen LogP contribution in [0.2, 0.25) is 0 Å². The lowest BCUT2D eigenvalue weighted by Gasteiger charge is -2.16. The topological polar surface area (TPSA) is 74.7 Å². The number of hydrogen-bond donors (Lipinski definition) is 1. The lowest BCUT2D eigenvalue weighted by molar-refractivity contribution is -0.136. The molecule has 1 unspecified atom stereocenters. The van der Waals surface area contributed by atoms with Crippen LogP contribution in [0.25, 0.3) is 0 Å².